The number of hydrogen-bond donors (Lipinski definition) is 3. The molecule has 64 heavy (non-hydrogen) atoms. The van der Waals surface area contributed by atoms with Crippen molar-refractivity contribution in [2.24, 2.45) is 10.2 Å². The van der Waals surface area contributed by atoms with Crippen LogP contribution >= 0.6 is 36.0 Å². The molecule has 23 nitrogen and oxygen atoms in total. The van der Waals surface area contributed by atoms with Crippen molar-refractivity contribution in [2.45, 2.75) is 19.6 Å². The largest absolute Gasteiger partial charge is 1.00 e. The Morgan fingerprint density at radius 1 is 0.703 bits per heavy atom. The summed E-state index contributed by atoms with van der Waals surface area (Å²) in [6, 6.07) is 16.4. The van der Waals surface area contributed by atoms with Crippen LogP contribution in [-0.4, -0.2) is 66.8 Å². The van der Waals surface area contributed by atoms with E-state index in [1.54, 1.807) is 0 Å². The Bertz CT molecular complexity index is 2990. The van der Waals surface area contributed by atoms with Gasteiger partial charge >= 0.3 is 118 Å². The van der Waals surface area contributed by atoms with Gasteiger partial charge in [-0.2, -0.15) is 19.3 Å². The number of phenols is 1. The summed E-state index contributed by atoms with van der Waals surface area (Å²) >= 11 is 6.52. The number of azo groups is 1. The summed E-state index contributed by atoms with van der Waals surface area (Å²) in [5.74, 6) is -1.44. The van der Waals surface area contributed by atoms with E-state index >= 15 is 0 Å². The molecule has 6 rings (SSSR count). The van der Waals surface area contributed by atoms with E-state index in [-0.39, 0.29) is 191 Å². The minimum atomic E-state index is -5.33. The van der Waals surface area contributed by atoms with Crippen molar-refractivity contribution in [1.29, 1.82) is 0 Å². The molecule has 3 N–H and O–H groups in total. The molecular formula is C31H20ClN7Na4O16S5. The Balaban J connectivity index is 0.00000352. The molecule has 0 bridgehead atoms. The van der Waals surface area contributed by atoms with Crippen LogP contribution in [0.5, 0.6) is 5.75 Å². The molecule has 6 aromatic rings. The first-order valence-corrected chi connectivity index (χ1v) is 22.1. The zero-order valence-corrected chi connectivity index (χ0v) is 46.0. The predicted octanol–water partition coefficient (Wildman–Crippen LogP) is -7.93. The zero-order valence-electron chi connectivity index (χ0n) is 33.1. The molecule has 0 aliphatic rings. The van der Waals surface area contributed by atoms with E-state index in [1.165, 1.54) is 42.5 Å². The molecule has 33 heteroatoms. The van der Waals surface area contributed by atoms with E-state index in [9.17, 15) is 50.0 Å². The van der Waals surface area contributed by atoms with Crippen molar-refractivity contribution in [3.8, 4) is 5.75 Å². The molecule has 0 aliphatic heterocycles. The Morgan fingerprint density at radius 3 is 1.98 bits per heavy atom. The number of nitrogens with zero attached hydrogens (tertiary/aromatic N) is 5. The first-order valence-electron chi connectivity index (χ1n) is 15.8. The van der Waals surface area contributed by atoms with E-state index in [1.807, 2.05) is 0 Å². The molecule has 1 aromatic heterocycles. The van der Waals surface area contributed by atoms with E-state index in [0.717, 1.165) is 36.4 Å². The minimum Gasteiger partial charge on any atom is -0.744 e. The van der Waals surface area contributed by atoms with Crippen molar-refractivity contribution in [3.05, 3.63) is 84.1 Å². The molecule has 0 atom stereocenters. The van der Waals surface area contributed by atoms with Crippen molar-refractivity contribution in [3.63, 3.8) is 0 Å². The van der Waals surface area contributed by atoms with Gasteiger partial charge in [-0.3, -0.25) is 14.3 Å². The molecule has 0 saturated carbocycles. The quantitative estimate of drug-likeness (QED) is 0.0137. The number of rotatable bonds is 18. The van der Waals surface area contributed by atoms with Gasteiger partial charge < -0.3 is 35.4 Å². The Morgan fingerprint density at radius 2 is 1.34 bits per heavy atom. The average molecular weight is 1030 g/mol. The molecule has 1 heterocycles. The summed E-state index contributed by atoms with van der Waals surface area (Å²) in [4.78, 5) is 10.4. The summed E-state index contributed by atoms with van der Waals surface area (Å²) in [6.07, 6.45) is 0. The van der Waals surface area contributed by atoms with Crippen LogP contribution in [0.4, 0.5) is 34.6 Å². The summed E-state index contributed by atoms with van der Waals surface area (Å²) < 4.78 is 111. The second-order valence-corrected chi connectivity index (χ2v) is 17.9. The van der Waals surface area contributed by atoms with E-state index < -0.39 is 63.7 Å². The molecular weight excluding hydrogens is 1010 g/mol. The second-order valence-electron chi connectivity index (χ2n) is 11.5. The number of aromatic hydroxyl groups is 1. The average Bonchev–Trinajstić information content (AvgIpc) is 3.18. The van der Waals surface area contributed by atoms with Crippen molar-refractivity contribution >= 4 is 122 Å². The van der Waals surface area contributed by atoms with Gasteiger partial charge in [-0.05, 0) is 77.0 Å². The monoisotopic (exact) mass is 1030 g/mol. The Kier molecular flexibility index (Phi) is 24.2. The third kappa shape index (κ3) is 15.6. The molecule has 0 fully saturated rings. The standard InChI is InChI=1S/C31H24ClN7O16S5.4Na/c32-29-35-30(33-18-2-1-3-21(14-18)59(45,46)47)37-31(36-29)34-19-6-4-17-13-25(56-54-52-41)26(27(40)23(17)15-19)39-38-24-9-5-16-12-20(7-8-22(16)28(24)60(48,49)50)58(43,44)11-10-51-57-55-53-42;;;;/h1-9,12-15,40-42H,10-11H2,(H,45,46,47)(H,48,49,50)(H2,33,34,35,36,37);;;;/q;4*+1/p-4. The van der Waals surface area contributed by atoms with Gasteiger partial charge in [0, 0.05) is 22.1 Å². The smallest absolute Gasteiger partial charge is 0.744 e. The van der Waals surface area contributed by atoms with Crippen LogP contribution in [0.2, 0.25) is 5.28 Å². The van der Waals surface area contributed by atoms with E-state index in [2.05, 4.69) is 54.6 Å². The first kappa shape index (κ1) is 59.2. The third-order valence-corrected chi connectivity index (χ3v) is 12.4. The SMILES string of the molecule is O=S(=O)([O-])c1cccc(Nc2nc(Cl)nc(Nc3ccc4cc(SOO[O-])c(N=Nc5ccc6cc(S(=O)(=O)CCOSOO[O-])ccc6c5S(=O)(=O)[O-])c(O)c4c3)n2)c1.[Na+].[Na+].[Na+].[Na+]. The van der Waals surface area contributed by atoms with Gasteiger partial charge in [0.15, 0.2) is 27.9 Å². The number of benzene rings is 5. The number of nitrogens with one attached hydrogen (secondary N) is 2. The Hall–Kier alpha value is -0.890. The summed E-state index contributed by atoms with van der Waals surface area (Å²) in [5, 5.41) is 52.0. The molecule has 0 spiro atoms. The van der Waals surface area contributed by atoms with Gasteiger partial charge in [0.05, 0.1) is 44.0 Å². The molecule has 0 amide bonds. The predicted molar refractivity (Wildman–Crippen MR) is 203 cm³/mol. The summed E-state index contributed by atoms with van der Waals surface area (Å²) in [6.45, 7) is -0.424. The summed E-state index contributed by atoms with van der Waals surface area (Å²) in [5.41, 5.74) is -0.510. The number of hydrogen-bond acceptors (Lipinski definition) is 25. The topological polar surface area (TPSA) is 348 Å². The molecule has 5 aromatic carbocycles. The molecule has 0 radical (unpaired) electrons. The number of halogens is 1. The number of fused-ring (bicyclic) bond motifs is 2. The van der Waals surface area contributed by atoms with Crippen LogP contribution in [0, 0.1) is 0 Å². The second kappa shape index (κ2) is 26.2. The third-order valence-electron chi connectivity index (χ3n) is 7.77. The van der Waals surface area contributed by atoms with Gasteiger partial charge in [-0.15, -0.1) is 14.6 Å². The number of anilines is 4. The maximum atomic E-state index is 12.8. The van der Waals surface area contributed by atoms with Crippen LogP contribution in [0.15, 0.2) is 109 Å². The van der Waals surface area contributed by atoms with Crippen molar-refractivity contribution in [1.82, 2.24) is 15.0 Å². The van der Waals surface area contributed by atoms with Crippen LogP contribution in [-0.2, 0) is 53.0 Å². The van der Waals surface area contributed by atoms with E-state index in [4.69, 9.17) is 15.8 Å². The van der Waals surface area contributed by atoms with Gasteiger partial charge in [0.1, 0.15) is 31.6 Å². The van der Waals surface area contributed by atoms with Crippen LogP contribution in [0.3, 0.4) is 0 Å². The zero-order chi connectivity index (χ0) is 43.2. The van der Waals surface area contributed by atoms with Gasteiger partial charge in [0.2, 0.25) is 17.2 Å². The Labute approximate surface area is 464 Å². The fraction of sp³-hybridized carbons (Fsp3) is 0.0645. The maximum Gasteiger partial charge on any atom is 1.00 e. The molecule has 0 saturated heterocycles. The maximum absolute atomic E-state index is 12.8. The molecule has 316 valence electrons. The number of phenolic OH excluding ortho intramolecular Hbond substituents is 1. The van der Waals surface area contributed by atoms with Gasteiger partial charge in [0.25, 0.3) is 0 Å². The number of sulfone groups is 1. The van der Waals surface area contributed by atoms with Crippen LogP contribution in [0.25, 0.3) is 21.5 Å². The summed E-state index contributed by atoms with van der Waals surface area (Å²) in [7, 11) is -14.1. The fourth-order valence-electron chi connectivity index (χ4n) is 5.31. The fourth-order valence-corrected chi connectivity index (χ4v) is 8.74. The van der Waals surface area contributed by atoms with Gasteiger partial charge in [-0.25, -0.2) is 25.3 Å². The first-order chi connectivity index (χ1) is 28.5. The number of aromatic nitrogens is 3. The minimum absolute atomic E-state index is 0. The van der Waals surface area contributed by atoms with Crippen molar-refractivity contribution < 1.29 is 191 Å². The van der Waals surface area contributed by atoms with Crippen LogP contribution in [0.1, 0.15) is 0 Å². The normalized spacial score (nSPS) is 11.6. The molecule has 0 aliphatic carbocycles. The van der Waals surface area contributed by atoms with Crippen LogP contribution < -0.4 is 139 Å². The molecule has 0 unspecified atom stereocenters. The van der Waals surface area contributed by atoms with E-state index in [0.29, 0.717) is 17.4 Å². The van der Waals surface area contributed by atoms with Crippen molar-refractivity contribution in [2.75, 3.05) is 23.0 Å². The van der Waals surface area contributed by atoms with Gasteiger partial charge in [-0.1, -0.05) is 24.3 Å².